The second kappa shape index (κ2) is 2.60. The molecule has 2 nitrogen and oxygen atoms in total. The molecule has 72 valence electrons. The van der Waals surface area contributed by atoms with Gasteiger partial charge in [0.2, 0.25) is 0 Å². The number of fused-ring (bicyclic) bond motifs is 1. The van der Waals surface area contributed by atoms with Crippen molar-refractivity contribution in [3.63, 3.8) is 0 Å². The number of cyclic esters (lactones) is 1. The molecule has 1 heterocycles. The fourth-order valence-corrected chi connectivity index (χ4v) is 2.72. The predicted octanol–water partition coefficient (Wildman–Crippen LogP) is 2.26. The first-order valence-electron chi connectivity index (χ1n) is 4.67. The first kappa shape index (κ1) is 8.48. The molecule has 14 heavy (non-hydrogen) atoms. The number of benzene rings is 1. The van der Waals surface area contributed by atoms with Crippen LogP contribution in [0.2, 0.25) is 0 Å². The maximum Gasteiger partial charge on any atom is 0.317 e. The summed E-state index contributed by atoms with van der Waals surface area (Å²) in [6.45, 7) is 0.603. The summed E-state index contributed by atoms with van der Waals surface area (Å²) in [7, 11) is 0. The van der Waals surface area contributed by atoms with Gasteiger partial charge in [0.05, 0.1) is 12.0 Å². The summed E-state index contributed by atoms with van der Waals surface area (Å²) in [5.41, 5.74) is 0.809. The normalized spacial score (nSPS) is 33.8. The largest absolute Gasteiger partial charge is 0.465 e. The van der Waals surface area contributed by atoms with Gasteiger partial charge >= 0.3 is 5.97 Å². The molecule has 1 aromatic rings. The Morgan fingerprint density at radius 1 is 1.50 bits per heavy atom. The molecular weight excluding hydrogens is 244 g/mol. The molecule has 1 aliphatic heterocycles. The van der Waals surface area contributed by atoms with E-state index in [1.54, 1.807) is 0 Å². The number of carbonyl (C=O) groups excluding carboxylic acids is 1. The van der Waals surface area contributed by atoms with Crippen molar-refractivity contribution in [1.29, 1.82) is 0 Å². The molecule has 0 unspecified atom stereocenters. The highest BCUT2D eigenvalue weighted by Crippen LogP contribution is 2.59. The molecule has 1 aromatic carbocycles. The first-order chi connectivity index (χ1) is 6.73. The summed E-state index contributed by atoms with van der Waals surface area (Å²) in [5.74, 6) is 0.380. The minimum Gasteiger partial charge on any atom is -0.465 e. The summed E-state index contributed by atoms with van der Waals surface area (Å²) in [4.78, 5) is 11.6. The van der Waals surface area contributed by atoms with Crippen molar-refractivity contribution in [2.24, 2.45) is 5.92 Å². The molecular formula is C11H9BrO2. The van der Waals surface area contributed by atoms with Gasteiger partial charge in [0.25, 0.3) is 0 Å². The summed E-state index contributed by atoms with van der Waals surface area (Å²) < 4.78 is 6.08. The third kappa shape index (κ3) is 0.934. The van der Waals surface area contributed by atoms with Crippen molar-refractivity contribution in [2.75, 3.05) is 6.61 Å². The van der Waals surface area contributed by atoms with E-state index >= 15 is 0 Å². The van der Waals surface area contributed by atoms with E-state index in [0.29, 0.717) is 12.5 Å². The van der Waals surface area contributed by atoms with Gasteiger partial charge in [-0.25, -0.2) is 0 Å². The molecule has 2 atom stereocenters. The highest BCUT2D eigenvalue weighted by atomic mass is 79.9. The van der Waals surface area contributed by atoms with Gasteiger partial charge in [0.15, 0.2) is 0 Å². The van der Waals surface area contributed by atoms with Crippen LogP contribution in [0.25, 0.3) is 0 Å². The third-order valence-corrected chi connectivity index (χ3v) is 3.72. The van der Waals surface area contributed by atoms with Crippen LogP contribution >= 0.6 is 15.9 Å². The van der Waals surface area contributed by atoms with Gasteiger partial charge in [-0.3, -0.25) is 4.79 Å². The van der Waals surface area contributed by atoms with E-state index in [1.807, 2.05) is 24.3 Å². The van der Waals surface area contributed by atoms with Gasteiger partial charge in [-0.2, -0.15) is 0 Å². The lowest BCUT2D eigenvalue weighted by molar-refractivity contribution is -0.142. The Kier molecular flexibility index (Phi) is 1.57. The van der Waals surface area contributed by atoms with Gasteiger partial charge in [-0.05, 0) is 24.1 Å². The Morgan fingerprint density at radius 3 is 2.93 bits per heavy atom. The van der Waals surface area contributed by atoms with E-state index in [9.17, 15) is 4.79 Å². The Bertz CT molecular complexity index is 416. The molecule has 0 amide bonds. The second-order valence-electron chi connectivity index (χ2n) is 3.98. The number of hydrogen-bond acceptors (Lipinski definition) is 2. The van der Waals surface area contributed by atoms with Crippen molar-refractivity contribution < 1.29 is 9.53 Å². The second-order valence-corrected chi connectivity index (χ2v) is 4.90. The average molecular weight is 253 g/mol. The molecule has 1 saturated carbocycles. The average Bonchev–Trinajstić information content (AvgIpc) is 2.83. The molecule has 1 saturated heterocycles. The van der Waals surface area contributed by atoms with Crippen molar-refractivity contribution in [1.82, 2.24) is 0 Å². The number of halogens is 1. The smallest absolute Gasteiger partial charge is 0.317 e. The Morgan fingerprint density at radius 2 is 2.36 bits per heavy atom. The molecule has 0 N–H and O–H groups in total. The number of ether oxygens (including phenoxy) is 1. The quantitative estimate of drug-likeness (QED) is 0.717. The zero-order valence-electron chi connectivity index (χ0n) is 7.50. The van der Waals surface area contributed by atoms with Crippen molar-refractivity contribution in [3.8, 4) is 0 Å². The van der Waals surface area contributed by atoms with Crippen molar-refractivity contribution in [3.05, 3.63) is 34.3 Å². The third-order valence-electron chi connectivity index (χ3n) is 3.22. The van der Waals surface area contributed by atoms with Crippen LogP contribution in [0, 0.1) is 5.92 Å². The van der Waals surface area contributed by atoms with Gasteiger partial charge < -0.3 is 4.74 Å². The van der Waals surface area contributed by atoms with Crippen LogP contribution in [0.4, 0.5) is 0 Å². The monoisotopic (exact) mass is 252 g/mol. The van der Waals surface area contributed by atoms with E-state index in [2.05, 4.69) is 15.9 Å². The zero-order valence-corrected chi connectivity index (χ0v) is 9.08. The number of carbonyl (C=O) groups is 1. The Labute approximate surface area is 90.4 Å². The fraction of sp³-hybridized carbons (Fsp3) is 0.364. The van der Waals surface area contributed by atoms with E-state index in [4.69, 9.17) is 4.74 Å². The lowest BCUT2D eigenvalue weighted by Gasteiger charge is -2.09. The highest BCUT2D eigenvalue weighted by Gasteiger charge is 2.66. The zero-order chi connectivity index (χ0) is 9.76. The standard InChI is InChI=1S/C11H9BrO2/c12-9-3-1-2-7(4-9)11-5-8(11)6-14-10(11)13/h1-4,8H,5-6H2/t8-,11+/m0/s1. The Hall–Kier alpha value is -0.830. The minimum atomic E-state index is -0.288. The fourth-order valence-electron chi connectivity index (χ4n) is 2.32. The number of rotatable bonds is 1. The van der Waals surface area contributed by atoms with E-state index in [-0.39, 0.29) is 11.4 Å². The van der Waals surface area contributed by atoms with Crippen LogP contribution in [0.1, 0.15) is 12.0 Å². The van der Waals surface area contributed by atoms with Gasteiger partial charge in [0.1, 0.15) is 0 Å². The van der Waals surface area contributed by atoms with Gasteiger partial charge in [-0.1, -0.05) is 28.1 Å². The van der Waals surface area contributed by atoms with Crippen LogP contribution in [0.3, 0.4) is 0 Å². The molecule has 2 fully saturated rings. The maximum absolute atomic E-state index is 11.6. The summed E-state index contributed by atoms with van der Waals surface area (Å²) in [6, 6.07) is 7.97. The van der Waals surface area contributed by atoms with Crippen LogP contribution in [0.5, 0.6) is 0 Å². The summed E-state index contributed by atoms with van der Waals surface area (Å²) in [5, 5.41) is 0. The van der Waals surface area contributed by atoms with Crippen LogP contribution in [-0.2, 0) is 14.9 Å². The molecule has 0 aromatic heterocycles. The Balaban J connectivity index is 2.08. The molecule has 2 aliphatic rings. The molecule has 0 spiro atoms. The molecule has 3 heteroatoms. The maximum atomic E-state index is 11.6. The van der Waals surface area contributed by atoms with E-state index in [0.717, 1.165) is 16.5 Å². The van der Waals surface area contributed by atoms with Crippen LogP contribution in [0.15, 0.2) is 28.7 Å². The van der Waals surface area contributed by atoms with E-state index in [1.165, 1.54) is 0 Å². The summed E-state index contributed by atoms with van der Waals surface area (Å²) in [6.07, 6.45) is 0.961. The number of hydrogen-bond donors (Lipinski definition) is 0. The lowest BCUT2D eigenvalue weighted by atomic mass is 9.95. The van der Waals surface area contributed by atoms with Gasteiger partial charge in [-0.15, -0.1) is 0 Å². The minimum absolute atomic E-state index is 0.0411. The van der Waals surface area contributed by atoms with Crippen molar-refractivity contribution in [2.45, 2.75) is 11.8 Å². The van der Waals surface area contributed by atoms with Gasteiger partial charge in [0, 0.05) is 10.4 Å². The lowest BCUT2D eigenvalue weighted by Crippen LogP contribution is -2.18. The topological polar surface area (TPSA) is 26.3 Å². The molecule has 1 aliphatic carbocycles. The summed E-state index contributed by atoms with van der Waals surface area (Å²) >= 11 is 3.42. The van der Waals surface area contributed by atoms with Crippen LogP contribution in [-0.4, -0.2) is 12.6 Å². The molecule has 3 rings (SSSR count). The first-order valence-corrected chi connectivity index (χ1v) is 5.46. The highest BCUT2D eigenvalue weighted by molar-refractivity contribution is 9.10. The predicted molar refractivity (Wildman–Crippen MR) is 54.9 cm³/mol. The SMILES string of the molecule is O=C1OC[C@@H]2C[C@]12c1cccc(Br)c1. The number of esters is 1. The van der Waals surface area contributed by atoms with Crippen molar-refractivity contribution >= 4 is 21.9 Å². The molecule has 0 bridgehead atoms. The molecule has 0 radical (unpaired) electrons. The van der Waals surface area contributed by atoms with E-state index < -0.39 is 0 Å². The van der Waals surface area contributed by atoms with Crippen LogP contribution < -0.4 is 0 Å².